The molecule has 0 heterocycles. The molecular formula is C27H32O2. The Bertz CT molecular complexity index is 867. The van der Waals surface area contributed by atoms with E-state index in [1.54, 1.807) is 0 Å². The van der Waals surface area contributed by atoms with Crippen molar-refractivity contribution < 1.29 is 9.47 Å². The summed E-state index contributed by atoms with van der Waals surface area (Å²) >= 11 is 0. The molecule has 0 aromatic heterocycles. The Morgan fingerprint density at radius 3 is 1.59 bits per heavy atom. The van der Waals surface area contributed by atoms with Gasteiger partial charge in [0.25, 0.3) is 0 Å². The van der Waals surface area contributed by atoms with Crippen LogP contribution in [0.3, 0.4) is 0 Å². The first-order valence-electron chi connectivity index (χ1n) is 10.6. The lowest BCUT2D eigenvalue weighted by Gasteiger charge is -2.34. The van der Waals surface area contributed by atoms with Crippen molar-refractivity contribution in [1.82, 2.24) is 0 Å². The van der Waals surface area contributed by atoms with Crippen LogP contribution in [0.15, 0.2) is 84.9 Å². The van der Waals surface area contributed by atoms with E-state index in [-0.39, 0.29) is 11.2 Å². The quantitative estimate of drug-likeness (QED) is 0.378. The molecule has 3 aromatic carbocycles. The molecule has 0 spiro atoms. The Morgan fingerprint density at radius 2 is 1.07 bits per heavy atom. The standard InChI is InChI=1S/C27H32O2/c1-5-26(4,22-14-10-8-11-15-22)28-25-20-18-23(19-21-25)27(6-2,7-3)29-24-16-12-9-13-17-24/h8-21H,5-7H2,1-4H3. The van der Waals surface area contributed by atoms with E-state index in [0.29, 0.717) is 0 Å². The Hall–Kier alpha value is -2.74. The normalized spacial score (nSPS) is 13.5. The van der Waals surface area contributed by atoms with Crippen molar-refractivity contribution in [2.75, 3.05) is 0 Å². The van der Waals surface area contributed by atoms with Gasteiger partial charge in [-0.05, 0) is 61.6 Å². The molecule has 2 heteroatoms. The molecule has 0 aliphatic carbocycles. The van der Waals surface area contributed by atoms with Gasteiger partial charge in [0.1, 0.15) is 22.7 Å². The van der Waals surface area contributed by atoms with Gasteiger partial charge in [0, 0.05) is 0 Å². The van der Waals surface area contributed by atoms with Crippen molar-refractivity contribution >= 4 is 0 Å². The number of ether oxygens (including phenoxy) is 2. The summed E-state index contributed by atoms with van der Waals surface area (Å²) in [6.07, 6.45) is 2.69. The van der Waals surface area contributed by atoms with E-state index in [4.69, 9.17) is 9.47 Å². The lowest BCUT2D eigenvalue weighted by molar-refractivity contribution is 0.0568. The summed E-state index contributed by atoms with van der Waals surface area (Å²) in [5.74, 6) is 1.78. The molecule has 0 fully saturated rings. The fourth-order valence-electron chi connectivity index (χ4n) is 3.79. The van der Waals surface area contributed by atoms with E-state index in [9.17, 15) is 0 Å². The van der Waals surface area contributed by atoms with Crippen molar-refractivity contribution in [3.63, 3.8) is 0 Å². The number of para-hydroxylation sites is 1. The zero-order chi connectivity index (χ0) is 20.7. The predicted molar refractivity (Wildman–Crippen MR) is 120 cm³/mol. The van der Waals surface area contributed by atoms with E-state index >= 15 is 0 Å². The van der Waals surface area contributed by atoms with E-state index in [0.717, 1.165) is 30.8 Å². The first kappa shape index (κ1) is 21.0. The minimum Gasteiger partial charge on any atom is -0.483 e. The lowest BCUT2D eigenvalue weighted by Crippen LogP contribution is -2.32. The second-order valence-corrected chi connectivity index (χ2v) is 7.69. The molecule has 1 unspecified atom stereocenters. The van der Waals surface area contributed by atoms with Crippen LogP contribution in [0.5, 0.6) is 11.5 Å². The maximum atomic E-state index is 6.48. The second-order valence-electron chi connectivity index (χ2n) is 7.69. The summed E-state index contributed by atoms with van der Waals surface area (Å²) in [6, 6.07) is 28.9. The number of hydrogen-bond donors (Lipinski definition) is 0. The van der Waals surface area contributed by atoms with Gasteiger partial charge in [0.05, 0.1) is 0 Å². The molecule has 152 valence electrons. The van der Waals surface area contributed by atoms with Crippen LogP contribution < -0.4 is 9.47 Å². The Balaban J connectivity index is 1.84. The second kappa shape index (κ2) is 9.17. The van der Waals surface area contributed by atoms with Crippen LogP contribution >= 0.6 is 0 Å². The zero-order valence-corrected chi connectivity index (χ0v) is 18.0. The summed E-state index contributed by atoms with van der Waals surface area (Å²) in [7, 11) is 0. The van der Waals surface area contributed by atoms with Gasteiger partial charge in [-0.3, -0.25) is 0 Å². The summed E-state index contributed by atoms with van der Waals surface area (Å²) in [4.78, 5) is 0. The molecule has 3 rings (SSSR count). The monoisotopic (exact) mass is 388 g/mol. The van der Waals surface area contributed by atoms with E-state index in [1.165, 1.54) is 11.1 Å². The van der Waals surface area contributed by atoms with Crippen molar-refractivity contribution in [3.05, 3.63) is 96.1 Å². The fraction of sp³-hybridized carbons (Fsp3) is 0.333. The molecule has 3 aromatic rings. The molecule has 0 radical (unpaired) electrons. The SMILES string of the molecule is CCC(C)(Oc1ccc(C(CC)(CC)Oc2ccccc2)cc1)c1ccccc1. The van der Waals surface area contributed by atoms with Crippen LogP contribution in [0.4, 0.5) is 0 Å². The molecule has 0 amide bonds. The summed E-state index contributed by atoms with van der Waals surface area (Å²) in [6.45, 7) is 8.67. The highest BCUT2D eigenvalue weighted by Gasteiger charge is 2.31. The van der Waals surface area contributed by atoms with Gasteiger partial charge in [-0.15, -0.1) is 0 Å². The number of hydrogen-bond acceptors (Lipinski definition) is 2. The molecule has 0 saturated carbocycles. The fourth-order valence-corrected chi connectivity index (χ4v) is 3.79. The molecular weight excluding hydrogens is 356 g/mol. The largest absolute Gasteiger partial charge is 0.483 e. The third kappa shape index (κ3) is 4.64. The smallest absolute Gasteiger partial charge is 0.133 e. The first-order chi connectivity index (χ1) is 14.0. The van der Waals surface area contributed by atoms with Crippen LogP contribution in [0.1, 0.15) is 58.1 Å². The van der Waals surface area contributed by atoms with Gasteiger partial charge >= 0.3 is 0 Å². The average Bonchev–Trinajstić information content (AvgIpc) is 2.79. The van der Waals surface area contributed by atoms with Gasteiger partial charge in [-0.2, -0.15) is 0 Å². The minimum absolute atomic E-state index is 0.340. The highest BCUT2D eigenvalue weighted by atomic mass is 16.5. The minimum atomic E-state index is -0.351. The highest BCUT2D eigenvalue weighted by Crippen LogP contribution is 2.37. The van der Waals surface area contributed by atoms with Crippen LogP contribution in [0.2, 0.25) is 0 Å². The molecule has 0 bridgehead atoms. The zero-order valence-electron chi connectivity index (χ0n) is 18.0. The third-order valence-electron chi connectivity index (χ3n) is 5.98. The van der Waals surface area contributed by atoms with E-state index in [1.807, 2.05) is 36.4 Å². The summed E-state index contributed by atoms with van der Waals surface area (Å²) < 4.78 is 12.9. The first-order valence-corrected chi connectivity index (χ1v) is 10.6. The van der Waals surface area contributed by atoms with Crippen molar-refractivity contribution in [2.24, 2.45) is 0 Å². The molecule has 0 aliphatic heterocycles. The van der Waals surface area contributed by atoms with Crippen LogP contribution in [0, 0.1) is 0 Å². The Morgan fingerprint density at radius 1 is 0.552 bits per heavy atom. The average molecular weight is 389 g/mol. The van der Waals surface area contributed by atoms with Crippen molar-refractivity contribution in [1.29, 1.82) is 0 Å². The van der Waals surface area contributed by atoms with Crippen LogP contribution in [-0.4, -0.2) is 0 Å². The van der Waals surface area contributed by atoms with Gasteiger partial charge in [-0.25, -0.2) is 0 Å². The van der Waals surface area contributed by atoms with Gasteiger partial charge in [0.2, 0.25) is 0 Å². The maximum Gasteiger partial charge on any atom is 0.133 e. The van der Waals surface area contributed by atoms with Crippen molar-refractivity contribution in [2.45, 2.75) is 58.2 Å². The van der Waals surface area contributed by atoms with Crippen LogP contribution in [-0.2, 0) is 11.2 Å². The molecule has 0 N–H and O–H groups in total. The summed E-state index contributed by atoms with van der Waals surface area (Å²) in [5.41, 5.74) is 1.68. The Labute approximate surface area is 175 Å². The third-order valence-corrected chi connectivity index (χ3v) is 5.98. The predicted octanol–water partition coefficient (Wildman–Crippen LogP) is 7.49. The van der Waals surface area contributed by atoms with Gasteiger partial charge < -0.3 is 9.47 Å². The summed E-state index contributed by atoms with van der Waals surface area (Å²) in [5, 5.41) is 0. The maximum absolute atomic E-state index is 6.48. The number of benzene rings is 3. The van der Waals surface area contributed by atoms with Gasteiger partial charge in [-0.1, -0.05) is 81.4 Å². The Kier molecular flexibility index (Phi) is 6.64. The molecule has 0 aliphatic rings. The van der Waals surface area contributed by atoms with Crippen molar-refractivity contribution in [3.8, 4) is 11.5 Å². The number of rotatable bonds is 9. The molecule has 1 atom stereocenters. The van der Waals surface area contributed by atoms with Crippen LogP contribution in [0.25, 0.3) is 0 Å². The highest BCUT2D eigenvalue weighted by molar-refractivity contribution is 5.34. The topological polar surface area (TPSA) is 18.5 Å². The molecule has 2 nitrogen and oxygen atoms in total. The van der Waals surface area contributed by atoms with E-state index < -0.39 is 0 Å². The lowest BCUT2D eigenvalue weighted by atomic mass is 9.88. The molecule has 0 saturated heterocycles. The molecule has 29 heavy (non-hydrogen) atoms. The van der Waals surface area contributed by atoms with Gasteiger partial charge in [0.15, 0.2) is 0 Å². The van der Waals surface area contributed by atoms with E-state index in [2.05, 4.69) is 76.2 Å².